The lowest BCUT2D eigenvalue weighted by molar-refractivity contribution is -0.119. The largest absolute Gasteiger partial charge is 0.312 e. The Morgan fingerprint density at radius 3 is 2.61 bits per heavy atom. The normalized spacial score (nSPS) is 17.6. The topological polar surface area (TPSA) is 44.7 Å². The smallest absolute Gasteiger partial charge is 0.267 e. The molecule has 0 saturated carbocycles. The number of nitrogens with zero attached hydrogens (tertiary/aromatic N) is 2. The van der Waals surface area contributed by atoms with Crippen LogP contribution in [0.2, 0.25) is 10.0 Å². The average molecular weight is 366 g/mol. The summed E-state index contributed by atoms with van der Waals surface area (Å²) in [5, 5.41) is 1.11. The summed E-state index contributed by atoms with van der Waals surface area (Å²) in [4.78, 5) is 18.6. The summed E-state index contributed by atoms with van der Waals surface area (Å²) in [7, 11) is 1.69. The van der Waals surface area contributed by atoms with Gasteiger partial charge in [-0.15, -0.1) is 0 Å². The molecule has 0 aromatic heterocycles. The molecule has 0 radical (unpaired) electrons. The van der Waals surface area contributed by atoms with Crippen LogP contribution in [0.4, 0.5) is 5.69 Å². The van der Waals surface area contributed by atoms with Crippen LogP contribution in [0.1, 0.15) is 11.1 Å². The van der Waals surface area contributed by atoms with Crippen molar-refractivity contribution in [1.82, 2.24) is 4.72 Å². The lowest BCUT2D eigenvalue weighted by Gasteiger charge is -2.20. The zero-order chi connectivity index (χ0) is 16.6. The number of thiol groups is 1. The molecule has 7 heteroatoms. The molecule has 1 aliphatic heterocycles. The molecule has 0 aliphatic carbocycles. The Labute approximate surface area is 149 Å². The Balaban J connectivity index is 2.31. The highest BCUT2D eigenvalue weighted by Gasteiger charge is 2.29. The van der Waals surface area contributed by atoms with E-state index in [9.17, 15) is 4.79 Å². The Hall–Kier alpha value is -1.53. The third-order valence-corrected chi connectivity index (χ3v) is 4.46. The number of benzene rings is 2. The maximum atomic E-state index is 12.5. The molecule has 1 atom stereocenters. The Bertz CT molecular complexity index is 810. The Morgan fingerprint density at radius 1 is 1.17 bits per heavy atom. The molecule has 2 aromatic rings. The van der Waals surface area contributed by atoms with Crippen molar-refractivity contribution >= 4 is 53.3 Å². The van der Waals surface area contributed by atoms with Gasteiger partial charge in [-0.3, -0.25) is 9.79 Å². The molecule has 1 amide bonds. The maximum Gasteiger partial charge on any atom is 0.267 e. The van der Waals surface area contributed by atoms with Crippen molar-refractivity contribution in [2.24, 2.45) is 4.99 Å². The Kier molecular flexibility index (Phi) is 4.64. The first-order valence-electron chi connectivity index (χ1n) is 6.82. The standard InChI is InChI=1S/C16H13Cl2N3OS/c1-21-13-7-6-9(17)8-11(13)14(19-15(20-23)16(21)22)10-4-2-3-5-12(10)18/h2-8,15,20,23H,1H3. The van der Waals surface area contributed by atoms with Crippen LogP contribution in [0.3, 0.4) is 0 Å². The average Bonchev–Trinajstić information content (AvgIpc) is 2.65. The summed E-state index contributed by atoms with van der Waals surface area (Å²) in [6, 6.07) is 12.7. The zero-order valence-corrected chi connectivity index (χ0v) is 14.5. The van der Waals surface area contributed by atoms with E-state index < -0.39 is 6.17 Å². The lowest BCUT2D eigenvalue weighted by atomic mass is 10.00. The van der Waals surface area contributed by atoms with Gasteiger partial charge in [0.15, 0.2) is 6.17 Å². The minimum atomic E-state index is -0.819. The SMILES string of the molecule is CN1C(=O)C(NS)N=C(c2ccccc2Cl)c2cc(Cl)ccc21. The predicted octanol–water partition coefficient (Wildman–Crippen LogP) is 3.57. The van der Waals surface area contributed by atoms with E-state index in [4.69, 9.17) is 23.2 Å². The molecular weight excluding hydrogens is 353 g/mol. The van der Waals surface area contributed by atoms with Crippen molar-refractivity contribution in [1.29, 1.82) is 0 Å². The second-order valence-electron chi connectivity index (χ2n) is 5.05. The number of carbonyl (C=O) groups excluding carboxylic acids is 1. The van der Waals surface area contributed by atoms with E-state index in [1.807, 2.05) is 18.2 Å². The molecule has 118 valence electrons. The van der Waals surface area contributed by atoms with Gasteiger partial charge in [0.2, 0.25) is 0 Å². The third kappa shape index (κ3) is 2.97. The molecule has 1 aliphatic rings. The number of amides is 1. The molecule has 0 bridgehead atoms. The van der Waals surface area contributed by atoms with Crippen LogP contribution in [0.15, 0.2) is 47.5 Å². The second kappa shape index (κ2) is 6.53. The number of halogens is 2. The number of carbonyl (C=O) groups is 1. The molecular formula is C16H13Cl2N3OS. The van der Waals surface area contributed by atoms with E-state index >= 15 is 0 Å². The van der Waals surface area contributed by atoms with Crippen LogP contribution in [0, 0.1) is 0 Å². The number of hydrogen-bond acceptors (Lipinski definition) is 4. The number of nitrogens with one attached hydrogen (secondary N) is 1. The number of rotatable bonds is 2. The summed E-state index contributed by atoms with van der Waals surface area (Å²) in [5.41, 5.74) is 2.78. The first kappa shape index (κ1) is 16.3. The molecule has 3 rings (SSSR count). The molecule has 1 heterocycles. The highest BCUT2D eigenvalue weighted by atomic mass is 35.5. The summed E-state index contributed by atoms with van der Waals surface area (Å²) < 4.78 is 2.63. The van der Waals surface area contributed by atoms with Gasteiger partial charge >= 0.3 is 0 Å². The van der Waals surface area contributed by atoms with Crippen LogP contribution in [0.5, 0.6) is 0 Å². The summed E-state index contributed by atoms with van der Waals surface area (Å²) in [6.07, 6.45) is -0.819. The monoisotopic (exact) mass is 365 g/mol. The molecule has 0 spiro atoms. The van der Waals surface area contributed by atoms with E-state index in [2.05, 4.69) is 22.5 Å². The van der Waals surface area contributed by atoms with E-state index in [0.717, 1.165) is 11.1 Å². The van der Waals surface area contributed by atoms with Gasteiger partial charge < -0.3 is 4.90 Å². The van der Waals surface area contributed by atoms with Crippen LogP contribution < -0.4 is 9.62 Å². The number of anilines is 1. The Morgan fingerprint density at radius 2 is 1.91 bits per heavy atom. The van der Waals surface area contributed by atoms with Gasteiger partial charge in [-0.2, -0.15) is 0 Å². The fraction of sp³-hybridized carbons (Fsp3) is 0.125. The van der Waals surface area contributed by atoms with Crippen LogP contribution >= 0.6 is 36.0 Å². The fourth-order valence-corrected chi connectivity index (χ4v) is 3.06. The van der Waals surface area contributed by atoms with Gasteiger partial charge in [0.25, 0.3) is 5.91 Å². The van der Waals surface area contributed by atoms with Crippen molar-refractivity contribution < 1.29 is 4.79 Å². The summed E-state index contributed by atoms with van der Waals surface area (Å²) in [6.45, 7) is 0. The van der Waals surface area contributed by atoms with Gasteiger partial charge in [-0.1, -0.05) is 54.2 Å². The van der Waals surface area contributed by atoms with E-state index in [-0.39, 0.29) is 5.91 Å². The highest BCUT2D eigenvalue weighted by Crippen LogP contribution is 2.31. The van der Waals surface area contributed by atoms with Gasteiger partial charge in [0, 0.05) is 28.2 Å². The number of aliphatic imine (C=N–C) groups is 1. The summed E-state index contributed by atoms with van der Waals surface area (Å²) in [5.74, 6) is -0.217. The van der Waals surface area contributed by atoms with Crippen molar-refractivity contribution in [2.45, 2.75) is 6.17 Å². The summed E-state index contributed by atoms with van der Waals surface area (Å²) >= 11 is 16.5. The zero-order valence-electron chi connectivity index (χ0n) is 12.1. The van der Waals surface area contributed by atoms with Crippen LogP contribution in [0.25, 0.3) is 0 Å². The first-order chi connectivity index (χ1) is 11.0. The molecule has 1 N–H and O–H groups in total. The molecule has 1 unspecified atom stereocenters. The first-order valence-corrected chi connectivity index (χ1v) is 8.03. The van der Waals surface area contributed by atoms with Crippen molar-refractivity contribution in [3.05, 3.63) is 63.6 Å². The van der Waals surface area contributed by atoms with Crippen LogP contribution in [-0.4, -0.2) is 24.8 Å². The minimum absolute atomic E-state index is 0.217. The van der Waals surface area contributed by atoms with E-state index in [1.54, 1.807) is 31.3 Å². The van der Waals surface area contributed by atoms with Crippen LogP contribution in [-0.2, 0) is 4.79 Å². The number of hydrogen-bond donors (Lipinski definition) is 2. The highest BCUT2D eigenvalue weighted by molar-refractivity contribution is 7.78. The van der Waals surface area contributed by atoms with E-state index in [1.165, 1.54) is 4.90 Å². The minimum Gasteiger partial charge on any atom is -0.312 e. The van der Waals surface area contributed by atoms with Gasteiger partial charge in [0.05, 0.1) is 11.4 Å². The maximum absolute atomic E-state index is 12.5. The molecule has 23 heavy (non-hydrogen) atoms. The van der Waals surface area contributed by atoms with Gasteiger partial charge in [0.1, 0.15) is 0 Å². The van der Waals surface area contributed by atoms with Gasteiger partial charge in [-0.25, -0.2) is 4.72 Å². The number of fused-ring (bicyclic) bond motifs is 1. The number of benzodiazepines with no additional fused rings is 1. The van der Waals surface area contributed by atoms with Crippen molar-refractivity contribution in [3.63, 3.8) is 0 Å². The van der Waals surface area contributed by atoms with Crippen molar-refractivity contribution in [2.75, 3.05) is 11.9 Å². The molecule has 2 aromatic carbocycles. The molecule has 0 fully saturated rings. The predicted molar refractivity (Wildman–Crippen MR) is 97.9 cm³/mol. The number of likely N-dealkylation sites (N-methyl/N-ethyl adjacent to an activating group) is 1. The fourth-order valence-electron chi connectivity index (χ4n) is 2.50. The molecule has 4 nitrogen and oxygen atoms in total. The third-order valence-electron chi connectivity index (χ3n) is 3.65. The quantitative estimate of drug-likeness (QED) is 0.799. The van der Waals surface area contributed by atoms with E-state index in [0.29, 0.717) is 21.4 Å². The van der Waals surface area contributed by atoms with Gasteiger partial charge in [-0.05, 0) is 24.3 Å². The van der Waals surface area contributed by atoms with Crippen molar-refractivity contribution in [3.8, 4) is 0 Å². The second-order valence-corrected chi connectivity index (χ2v) is 6.15. The molecule has 0 saturated heterocycles. The lowest BCUT2D eigenvalue weighted by Crippen LogP contribution is -2.40.